The Bertz CT molecular complexity index is 1710. The minimum Gasteiger partial charge on any atom is -0.780 e. The van der Waals surface area contributed by atoms with Crippen LogP contribution in [0.25, 0.3) is 22.3 Å². The molecule has 44 heavy (non-hydrogen) atoms. The molecule has 4 aromatic rings. The Hall–Kier alpha value is -2.49. The van der Waals surface area contributed by atoms with Crippen molar-refractivity contribution in [3.8, 4) is 0 Å². The summed E-state index contributed by atoms with van der Waals surface area (Å²) in [5.74, 6) is 0.0731. The molecule has 0 aliphatic carbocycles. The highest BCUT2D eigenvalue weighted by atomic mass is 32.7. The van der Waals surface area contributed by atoms with E-state index in [1.165, 1.54) is 21.8 Å². The number of alkyl halides is 2. The predicted octanol–water partition coefficient (Wildman–Crippen LogP) is 0.359. The number of fused-ring (bicyclic) bond motifs is 6. The Morgan fingerprint density at radius 3 is 1.84 bits per heavy atom. The third-order valence-corrected chi connectivity index (χ3v) is 10.2. The van der Waals surface area contributed by atoms with Crippen LogP contribution in [-0.4, -0.2) is 89.0 Å². The van der Waals surface area contributed by atoms with E-state index in [4.69, 9.17) is 63.1 Å². The summed E-state index contributed by atoms with van der Waals surface area (Å²) in [5.41, 5.74) is 12.3. The zero-order valence-corrected chi connectivity index (χ0v) is 25.2. The molecule has 18 nitrogen and oxygen atoms in total. The zero-order chi connectivity index (χ0) is 31.0. The normalized spacial score (nSPS) is 38.3. The number of nitrogens with zero attached hydrogens (tertiary/aromatic N) is 8. The molecular formula is C20H20F2N10O8P2S2-2. The largest absolute Gasteiger partial charge is 0.780 e. The first-order valence-electron chi connectivity index (χ1n) is 12.7. The molecule has 7 rings (SSSR count). The highest BCUT2D eigenvalue weighted by Crippen LogP contribution is 2.54. The zero-order valence-electron chi connectivity index (χ0n) is 21.8. The van der Waals surface area contributed by atoms with Gasteiger partial charge in [0, 0.05) is 0 Å². The Labute approximate surface area is 255 Å². The molecule has 2 unspecified atom stereocenters. The van der Waals surface area contributed by atoms with Crippen LogP contribution < -0.4 is 16.4 Å². The van der Waals surface area contributed by atoms with Crippen LogP contribution in [0.5, 0.6) is 0 Å². The molecule has 0 amide bonds. The highest BCUT2D eigenvalue weighted by molar-refractivity contribution is 8.32. The van der Waals surface area contributed by atoms with Crippen molar-refractivity contribution in [3.05, 3.63) is 25.3 Å². The fraction of sp³-hybridized carbons (Fsp3) is 0.500. The third-order valence-electron chi connectivity index (χ3n) is 7.15. The Morgan fingerprint density at radius 1 is 0.841 bits per heavy atom. The van der Waals surface area contributed by atoms with Crippen LogP contribution in [0.1, 0.15) is 12.5 Å². The van der Waals surface area contributed by atoms with E-state index in [9.17, 15) is 9.46 Å². The molecule has 24 heteroatoms. The van der Waals surface area contributed by atoms with Crippen molar-refractivity contribution in [2.45, 2.75) is 49.2 Å². The SMILES string of the molecule is Nc1ncnc2c1ncn2[C@@H]1O[C@@H]2COP([O-])(=S)O[C@@H]3[C@H](F)[C@@H](COP(=O)([S-])O[C@@H]1[C@@H]2F)O[C@H]3n1cnc2c(N)ncnc21. The first-order valence-corrected chi connectivity index (χ1v) is 17.8. The summed E-state index contributed by atoms with van der Waals surface area (Å²) < 4.78 is 80.8. The highest BCUT2D eigenvalue weighted by Gasteiger charge is 2.52. The number of ether oxygens (including phenoxy) is 2. The second kappa shape index (κ2) is 11.1. The topological polar surface area (TPSA) is 235 Å². The molecule has 3 fully saturated rings. The van der Waals surface area contributed by atoms with E-state index in [-0.39, 0.29) is 34.0 Å². The molecule has 4 aromatic heterocycles. The average Bonchev–Trinajstić information content (AvgIpc) is 3.73. The molecule has 3 saturated heterocycles. The summed E-state index contributed by atoms with van der Waals surface area (Å²) in [7, 11) is 0. The fourth-order valence-electron chi connectivity index (χ4n) is 5.13. The van der Waals surface area contributed by atoms with Gasteiger partial charge >= 0.3 is 0 Å². The van der Waals surface area contributed by atoms with Crippen molar-refractivity contribution in [3.63, 3.8) is 0 Å². The van der Waals surface area contributed by atoms with Crippen LogP contribution in [0.15, 0.2) is 25.3 Å². The van der Waals surface area contributed by atoms with Crippen molar-refractivity contribution in [1.29, 1.82) is 0 Å². The number of halogens is 2. The predicted molar refractivity (Wildman–Crippen MR) is 148 cm³/mol. The van der Waals surface area contributed by atoms with Gasteiger partial charge in [0.05, 0.1) is 25.9 Å². The quantitative estimate of drug-likeness (QED) is 0.213. The summed E-state index contributed by atoms with van der Waals surface area (Å²) in [5, 5.41) is 0. The first-order chi connectivity index (χ1) is 20.9. The summed E-state index contributed by atoms with van der Waals surface area (Å²) in [4.78, 5) is 37.5. The number of imidazole rings is 2. The minimum absolute atomic E-state index is 0.0366. The van der Waals surface area contributed by atoms with E-state index in [0.717, 1.165) is 12.7 Å². The third kappa shape index (κ3) is 5.26. The molecule has 0 saturated carbocycles. The van der Waals surface area contributed by atoms with Crippen LogP contribution in [0, 0.1) is 0 Å². The maximum Gasteiger partial charge on any atom is 0.200 e. The Morgan fingerprint density at radius 2 is 1.32 bits per heavy atom. The van der Waals surface area contributed by atoms with Gasteiger partial charge in [-0.15, -0.1) is 0 Å². The molecule has 3 aliphatic heterocycles. The average molecular weight is 693 g/mol. The fourth-order valence-corrected chi connectivity index (χ4v) is 7.91. The van der Waals surface area contributed by atoms with Crippen molar-refractivity contribution >= 4 is 71.5 Å². The van der Waals surface area contributed by atoms with Gasteiger partial charge in [-0.2, -0.15) is 0 Å². The van der Waals surface area contributed by atoms with Crippen molar-refractivity contribution < 1.29 is 45.8 Å². The van der Waals surface area contributed by atoms with E-state index in [0.29, 0.717) is 0 Å². The monoisotopic (exact) mass is 692 g/mol. The molecule has 7 heterocycles. The van der Waals surface area contributed by atoms with E-state index >= 15 is 8.78 Å². The van der Waals surface area contributed by atoms with Gasteiger partial charge in [-0.3, -0.25) is 13.7 Å². The number of nitrogens with two attached hydrogens (primary N) is 2. The van der Waals surface area contributed by atoms with Gasteiger partial charge in [-0.25, -0.2) is 38.7 Å². The Kier molecular flexibility index (Phi) is 7.61. The molecule has 4 N–H and O–H groups in total. The van der Waals surface area contributed by atoms with Crippen LogP contribution in [-0.2, 0) is 56.2 Å². The number of hydrogen-bond donors (Lipinski definition) is 2. The second-order valence-corrected chi connectivity index (χ2v) is 15.2. The van der Waals surface area contributed by atoms with Gasteiger partial charge < -0.3 is 56.2 Å². The maximum absolute atomic E-state index is 15.9. The lowest BCUT2D eigenvalue weighted by molar-refractivity contribution is -0.217. The summed E-state index contributed by atoms with van der Waals surface area (Å²) in [6.07, 6.45) is -8.57. The molecule has 4 bridgehead atoms. The number of hydrogen-bond acceptors (Lipinski definition) is 18. The lowest BCUT2D eigenvalue weighted by Crippen LogP contribution is -2.35. The number of anilines is 2. The summed E-state index contributed by atoms with van der Waals surface area (Å²) in [6, 6.07) is 0. The maximum atomic E-state index is 15.9. The van der Waals surface area contributed by atoms with Gasteiger partial charge in [-0.05, 0) is 0 Å². The number of rotatable bonds is 2. The molecule has 10 atom stereocenters. The van der Waals surface area contributed by atoms with Crippen LogP contribution in [0.4, 0.5) is 20.4 Å². The van der Waals surface area contributed by atoms with E-state index in [1.54, 1.807) is 0 Å². The molecule has 236 valence electrons. The molecular weight excluding hydrogens is 672 g/mol. The number of nitrogen functional groups attached to an aromatic ring is 2. The van der Waals surface area contributed by atoms with Crippen LogP contribution >= 0.6 is 13.5 Å². The molecule has 3 aliphatic rings. The lowest BCUT2D eigenvalue weighted by atomic mass is 10.1. The van der Waals surface area contributed by atoms with Gasteiger partial charge in [0.2, 0.25) is 6.80 Å². The Balaban J connectivity index is 1.22. The van der Waals surface area contributed by atoms with E-state index in [1.807, 2.05) is 0 Å². The standard InChI is InChI=1S/C20H22F2N10O8P2S2/c21-9-7-1-35-41(33,43)39-14-10(22)8(38-20(14)32-6-30-12-16(24)26-4-28-18(12)32)2-36-42(34,44)40-13(9)19(37-7)31-5-29-11-15(23)25-3-27-17(11)31/h3-10,13-14,19-20H,1-2H2,(H,33,43)(H,34,44)(H2,23,25,27)(H2,24,26,28)/p-2/t7-,8-,9-,10-,13-,14-,19-,20-,41?,42?/m1/s1. The lowest BCUT2D eigenvalue weighted by Gasteiger charge is -2.34. The smallest absolute Gasteiger partial charge is 0.200 e. The van der Waals surface area contributed by atoms with E-state index in [2.05, 4.69) is 29.9 Å². The van der Waals surface area contributed by atoms with Crippen LogP contribution in [0.2, 0.25) is 0 Å². The van der Waals surface area contributed by atoms with Gasteiger partial charge in [-0.1, -0.05) is 11.8 Å². The summed E-state index contributed by atoms with van der Waals surface area (Å²) >= 11 is 10.1. The van der Waals surface area contributed by atoms with Gasteiger partial charge in [0.25, 0.3) is 0 Å². The van der Waals surface area contributed by atoms with E-state index < -0.39 is 75.9 Å². The van der Waals surface area contributed by atoms with Gasteiger partial charge in [0.1, 0.15) is 54.8 Å². The molecule has 0 aromatic carbocycles. The van der Waals surface area contributed by atoms with Gasteiger partial charge in [0.15, 0.2) is 47.7 Å². The molecule has 0 spiro atoms. The molecule has 0 radical (unpaired) electrons. The van der Waals surface area contributed by atoms with Crippen molar-refractivity contribution in [1.82, 2.24) is 39.0 Å². The van der Waals surface area contributed by atoms with Crippen molar-refractivity contribution in [2.24, 2.45) is 0 Å². The second-order valence-electron chi connectivity index (χ2n) is 9.81. The van der Waals surface area contributed by atoms with Crippen LogP contribution in [0.3, 0.4) is 0 Å². The summed E-state index contributed by atoms with van der Waals surface area (Å²) in [6.45, 7) is -10.6. The minimum atomic E-state index is -4.55. The number of aromatic nitrogens is 8. The van der Waals surface area contributed by atoms with Crippen molar-refractivity contribution in [2.75, 3.05) is 24.7 Å². The first kappa shape index (κ1) is 30.2.